The standard InChI is InChI=1S/C14H25N5O2/c1-14(2,20-3)7-10-21-13-17-11(15)16-12(18-13)19-8-5-4-6-9-19/h4-10H2,1-3H3,(H2,15,16,17,18). The molecule has 21 heavy (non-hydrogen) atoms. The van der Waals surface area contributed by atoms with Gasteiger partial charge in [-0.3, -0.25) is 0 Å². The molecule has 1 aliphatic rings. The first-order valence-corrected chi connectivity index (χ1v) is 7.45. The maximum atomic E-state index is 5.76. The summed E-state index contributed by atoms with van der Waals surface area (Å²) >= 11 is 0. The second-order valence-electron chi connectivity index (χ2n) is 5.89. The number of ether oxygens (including phenoxy) is 2. The highest BCUT2D eigenvalue weighted by Crippen LogP contribution is 2.19. The van der Waals surface area contributed by atoms with Gasteiger partial charge < -0.3 is 20.1 Å². The molecule has 7 nitrogen and oxygen atoms in total. The molecular weight excluding hydrogens is 270 g/mol. The van der Waals surface area contributed by atoms with Gasteiger partial charge in [0.1, 0.15) is 0 Å². The molecule has 0 aromatic carbocycles. The number of piperidine rings is 1. The van der Waals surface area contributed by atoms with Gasteiger partial charge in [0.25, 0.3) is 0 Å². The van der Waals surface area contributed by atoms with E-state index in [4.69, 9.17) is 15.2 Å². The molecule has 0 saturated carbocycles. The Hall–Kier alpha value is -1.63. The Bertz CT molecular complexity index is 461. The Morgan fingerprint density at radius 2 is 1.86 bits per heavy atom. The van der Waals surface area contributed by atoms with E-state index >= 15 is 0 Å². The third-order valence-corrected chi connectivity index (χ3v) is 3.75. The van der Waals surface area contributed by atoms with Crippen molar-refractivity contribution in [3.8, 4) is 6.01 Å². The van der Waals surface area contributed by atoms with E-state index in [1.807, 2.05) is 13.8 Å². The molecule has 0 amide bonds. The summed E-state index contributed by atoms with van der Waals surface area (Å²) in [6.07, 6.45) is 4.31. The molecule has 1 aromatic rings. The molecule has 1 fully saturated rings. The number of aromatic nitrogens is 3. The van der Waals surface area contributed by atoms with E-state index in [9.17, 15) is 0 Å². The Balaban J connectivity index is 1.98. The van der Waals surface area contributed by atoms with Crippen molar-refractivity contribution >= 4 is 11.9 Å². The van der Waals surface area contributed by atoms with Crippen molar-refractivity contribution in [2.75, 3.05) is 37.4 Å². The second-order valence-corrected chi connectivity index (χ2v) is 5.89. The SMILES string of the molecule is COC(C)(C)CCOc1nc(N)nc(N2CCCCC2)n1. The zero-order chi connectivity index (χ0) is 15.3. The highest BCUT2D eigenvalue weighted by atomic mass is 16.5. The topological polar surface area (TPSA) is 86.4 Å². The molecule has 2 heterocycles. The minimum Gasteiger partial charge on any atom is -0.463 e. The van der Waals surface area contributed by atoms with Crippen molar-refractivity contribution < 1.29 is 9.47 Å². The summed E-state index contributed by atoms with van der Waals surface area (Å²) in [4.78, 5) is 14.7. The number of anilines is 2. The molecular formula is C14H25N5O2. The second kappa shape index (κ2) is 6.89. The molecule has 2 N–H and O–H groups in total. The van der Waals surface area contributed by atoms with Gasteiger partial charge in [-0.05, 0) is 33.1 Å². The first-order valence-electron chi connectivity index (χ1n) is 7.45. The highest BCUT2D eigenvalue weighted by molar-refractivity contribution is 5.36. The third kappa shape index (κ3) is 4.70. The van der Waals surface area contributed by atoms with Crippen LogP contribution in [0, 0.1) is 0 Å². The van der Waals surface area contributed by atoms with Crippen LogP contribution in [0.2, 0.25) is 0 Å². The summed E-state index contributed by atoms with van der Waals surface area (Å²) in [5, 5.41) is 0. The number of hydrogen-bond acceptors (Lipinski definition) is 7. The van der Waals surface area contributed by atoms with Crippen LogP contribution in [0.4, 0.5) is 11.9 Å². The maximum absolute atomic E-state index is 5.76. The summed E-state index contributed by atoms with van der Waals surface area (Å²) in [6.45, 7) is 6.41. The Morgan fingerprint density at radius 1 is 1.14 bits per heavy atom. The van der Waals surface area contributed by atoms with Crippen LogP contribution < -0.4 is 15.4 Å². The van der Waals surface area contributed by atoms with Crippen molar-refractivity contribution in [2.24, 2.45) is 0 Å². The van der Waals surface area contributed by atoms with Crippen molar-refractivity contribution in [2.45, 2.75) is 45.1 Å². The van der Waals surface area contributed by atoms with Crippen molar-refractivity contribution in [3.63, 3.8) is 0 Å². The largest absolute Gasteiger partial charge is 0.463 e. The number of nitrogen functional groups attached to an aromatic ring is 1. The normalized spacial score (nSPS) is 16.0. The monoisotopic (exact) mass is 295 g/mol. The van der Waals surface area contributed by atoms with Crippen LogP contribution in [-0.4, -0.2) is 47.4 Å². The van der Waals surface area contributed by atoms with Crippen LogP contribution in [0.15, 0.2) is 0 Å². The summed E-state index contributed by atoms with van der Waals surface area (Å²) in [5.74, 6) is 0.815. The van der Waals surface area contributed by atoms with E-state index in [0.29, 0.717) is 12.6 Å². The van der Waals surface area contributed by atoms with Crippen LogP contribution in [-0.2, 0) is 4.74 Å². The van der Waals surface area contributed by atoms with Crippen molar-refractivity contribution in [1.29, 1.82) is 0 Å². The fraction of sp³-hybridized carbons (Fsp3) is 0.786. The molecule has 0 bridgehead atoms. The smallest absolute Gasteiger partial charge is 0.323 e. The average molecular weight is 295 g/mol. The summed E-state index contributed by atoms with van der Waals surface area (Å²) in [6, 6.07) is 0.287. The maximum Gasteiger partial charge on any atom is 0.323 e. The van der Waals surface area contributed by atoms with Crippen molar-refractivity contribution in [3.05, 3.63) is 0 Å². The zero-order valence-electron chi connectivity index (χ0n) is 13.1. The lowest BCUT2D eigenvalue weighted by atomic mass is 10.1. The van der Waals surface area contributed by atoms with E-state index in [1.54, 1.807) is 7.11 Å². The van der Waals surface area contributed by atoms with Crippen LogP contribution >= 0.6 is 0 Å². The number of nitrogens with two attached hydrogens (primary N) is 1. The van der Waals surface area contributed by atoms with E-state index in [2.05, 4.69) is 19.9 Å². The van der Waals surface area contributed by atoms with Gasteiger partial charge in [0.05, 0.1) is 12.2 Å². The van der Waals surface area contributed by atoms with Gasteiger partial charge in [-0.25, -0.2) is 0 Å². The first kappa shape index (κ1) is 15.8. The Kier molecular flexibility index (Phi) is 5.17. The Labute approximate surface area is 125 Å². The van der Waals surface area contributed by atoms with Gasteiger partial charge in [-0.2, -0.15) is 15.0 Å². The van der Waals surface area contributed by atoms with Gasteiger partial charge in [0.2, 0.25) is 11.9 Å². The minimum absolute atomic E-state index is 0.201. The third-order valence-electron chi connectivity index (χ3n) is 3.75. The van der Waals surface area contributed by atoms with Gasteiger partial charge in [-0.15, -0.1) is 0 Å². The molecule has 0 atom stereocenters. The lowest BCUT2D eigenvalue weighted by Gasteiger charge is -2.26. The van der Waals surface area contributed by atoms with Gasteiger partial charge in [-0.1, -0.05) is 0 Å². The zero-order valence-corrected chi connectivity index (χ0v) is 13.1. The van der Waals surface area contributed by atoms with E-state index in [1.165, 1.54) is 6.42 Å². The van der Waals surface area contributed by atoms with E-state index < -0.39 is 0 Å². The first-order chi connectivity index (χ1) is 10.00. The van der Waals surface area contributed by atoms with Crippen LogP contribution in [0.3, 0.4) is 0 Å². The molecule has 1 saturated heterocycles. The van der Waals surface area contributed by atoms with Crippen LogP contribution in [0.1, 0.15) is 39.5 Å². The lowest BCUT2D eigenvalue weighted by molar-refractivity contribution is 0.00468. The molecule has 0 spiro atoms. The number of hydrogen-bond donors (Lipinski definition) is 1. The molecule has 1 aromatic heterocycles. The molecule has 2 rings (SSSR count). The summed E-state index contributed by atoms with van der Waals surface area (Å²) in [5.41, 5.74) is 5.53. The molecule has 0 radical (unpaired) electrons. The predicted molar refractivity (Wildman–Crippen MR) is 81.5 cm³/mol. The van der Waals surface area contributed by atoms with E-state index in [-0.39, 0.29) is 17.6 Å². The minimum atomic E-state index is -0.228. The van der Waals surface area contributed by atoms with E-state index in [0.717, 1.165) is 32.4 Å². The number of rotatable bonds is 6. The molecule has 0 aliphatic carbocycles. The highest BCUT2D eigenvalue weighted by Gasteiger charge is 2.18. The summed E-state index contributed by atoms with van der Waals surface area (Å²) < 4.78 is 11.0. The van der Waals surface area contributed by atoms with Crippen LogP contribution in [0.25, 0.3) is 0 Å². The molecule has 118 valence electrons. The van der Waals surface area contributed by atoms with Crippen molar-refractivity contribution in [1.82, 2.24) is 15.0 Å². The predicted octanol–water partition coefficient (Wildman–Crippen LogP) is 1.64. The lowest BCUT2D eigenvalue weighted by Crippen LogP contribution is -2.31. The fourth-order valence-electron chi connectivity index (χ4n) is 2.15. The quantitative estimate of drug-likeness (QED) is 0.853. The molecule has 0 unspecified atom stereocenters. The molecule has 7 heteroatoms. The van der Waals surface area contributed by atoms with Gasteiger partial charge in [0, 0.05) is 26.6 Å². The van der Waals surface area contributed by atoms with Gasteiger partial charge in [0.15, 0.2) is 0 Å². The van der Waals surface area contributed by atoms with Crippen LogP contribution in [0.5, 0.6) is 6.01 Å². The molecule has 1 aliphatic heterocycles. The fourth-order valence-corrected chi connectivity index (χ4v) is 2.15. The number of nitrogens with zero attached hydrogens (tertiary/aromatic N) is 4. The van der Waals surface area contributed by atoms with Gasteiger partial charge >= 0.3 is 6.01 Å². The average Bonchev–Trinajstić information content (AvgIpc) is 2.47. The number of methoxy groups -OCH3 is 1. The Morgan fingerprint density at radius 3 is 2.52 bits per heavy atom. The summed E-state index contributed by atoms with van der Waals surface area (Å²) in [7, 11) is 1.69.